The van der Waals surface area contributed by atoms with E-state index in [0.29, 0.717) is 29.2 Å². The van der Waals surface area contributed by atoms with Crippen LogP contribution in [-0.2, 0) is 0 Å². The van der Waals surface area contributed by atoms with E-state index >= 15 is 0 Å². The van der Waals surface area contributed by atoms with Crippen LogP contribution in [0.3, 0.4) is 0 Å². The molecule has 3 heterocycles. The average Bonchev–Trinajstić information content (AvgIpc) is 3.27. The Bertz CT molecular complexity index is 1450. The second-order valence-electron chi connectivity index (χ2n) is 9.55. The van der Waals surface area contributed by atoms with Gasteiger partial charge in [0.15, 0.2) is 0 Å². The predicted molar refractivity (Wildman–Crippen MR) is 145 cm³/mol. The lowest BCUT2D eigenvalue weighted by Crippen LogP contribution is -2.41. The van der Waals surface area contributed by atoms with Crippen molar-refractivity contribution in [3.05, 3.63) is 71.2 Å². The molecule has 1 aliphatic carbocycles. The van der Waals surface area contributed by atoms with Crippen molar-refractivity contribution in [3.8, 4) is 11.5 Å². The fraction of sp³-hybridized carbons (Fsp3) is 0.286. The maximum Gasteiger partial charge on any atom is 0.263 e. The number of thiophene rings is 1. The fourth-order valence-corrected chi connectivity index (χ4v) is 6.18. The molecule has 1 unspecified atom stereocenters. The molecule has 2 aliphatic rings. The van der Waals surface area contributed by atoms with Crippen molar-refractivity contribution in [2.45, 2.75) is 51.1 Å². The fourth-order valence-electron chi connectivity index (χ4n) is 5.15. The number of nitrogens with one attached hydrogen (secondary N) is 2. The number of hydrogen-bond acceptors (Lipinski definition) is 8. The number of nitrogens with zero attached hydrogens (tertiary/aromatic N) is 2. The van der Waals surface area contributed by atoms with Crippen molar-refractivity contribution >= 4 is 44.5 Å². The third-order valence-electron chi connectivity index (χ3n) is 6.99. The number of carbonyl (C=O) groups is 1. The Hall–Kier alpha value is -3.66. The van der Waals surface area contributed by atoms with Crippen LogP contribution in [0.25, 0.3) is 10.2 Å². The highest BCUT2D eigenvalue weighted by Crippen LogP contribution is 2.47. The van der Waals surface area contributed by atoms with E-state index in [-0.39, 0.29) is 18.1 Å². The molecule has 9 heteroatoms. The lowest BCUT2D eigenvalue weighted by Gasteiger charge is -2.36. The number of aliphatic hydroxyl groups excluding tert-OH is 2. The minimum atomic E-state index is -1.08. The van der Waals surface area contributed by atoms with E-state index in [4.69, 9.17) is 4.74 Å². The summed E-state index contributed by atoms with van der Waals surface area (Å²) in [5, 5.41) is 28.1. The smallest absolute Gasteiger partial charge is 0.263 e. The molecule has 8 nitrogen and oxygen atoms in total. The molecule has 37 heavy (non-hydrogen) atoms. The van der Waals surface area contributed by atoms with Gasteiger partial charge in [-0.1, -0.05) is 18.2 Å². The minimum Gasteiger partial charge on any atom is -0.457 e. The molecule has 0 radical (unpaired) electrons. The van der Waals surface area contributed by atoms with Gasteiger partial charge in [0.2, 0.25) is 6.35 Å². The molecule has 2 aromatic carbocycles. The summed E-state index contributed by atoms with van der Waals surface area (Å²) in [6.45, 7) is 1.97. The molecule has 4 N–H and O–H groups in total. The molecule has 1 aliphatic heterocycles. The van der Waals surface area contributed by atoms with E-state index < -0.39 is 6.35 Å². The molecule has 6 rings (SSSR count). The first-order chi connectivity index (χ1) is 18.0. The first-order valence-electron chi connectivity index (χ1n) is 12.5. The maximum atomic E-state index is 13.2. The molecule has 1 saturated carbocycles. The number of hydrogen-bond donors (Lipinski definition) is 4. The average molecular weight is 517 g/mol. The molecule has 0 spiro atoms. The zero-order chi connectivity index (χ0) is 25.5. The molecular weight excluding hydrogens is 488 g/mol. The number of carbonyl (C=O) groups excluding carboxylic acids is 1. The van der Waals surface area contributed by atoms with Gasteiger partial charge in [-0.3, -0.25) is 9.69 Å². The Morgan fingerprint density at radius 2 is 1.84 bits per heavy atom. The highest BCUT2D eigenvalue weighted by molar-refractivity contribution is 7.21. The summed E-state index contributed by atoms with van der Waals surface area (Å²) in [7, 11) is 0. The highest BCUT2D eigenvalue weighted by atomic mass is 32.1. The second kappa shape index (κ2) is 9.66. The minimum absolute atomic E-state index is 0.0324. The van der Waals surface area contributed by atoms with Gasteiger partial charge >= 0.3 is 0 Å². The quantitative estimate of drug-likeness (QED) is 0.286. The van der Waals surface area contributed by atoms with E-state index in [1.807, 2.05) is 66.4 Å². The molecule has 0 bridgehead atoms. The van der Waals surface area contributed by atoms with Crippen LogP contribution in [0.5, 0.6) is 11.5 Å². The largest absolute Gasteiger partial charge is 0.457 e. The van der Waals surface area contributed by atoms with Gasteiger partial charge in [-0.15, -0.1) is 11.3 Å². The summed E-state index contributed by atoms with van der Waals surface area (Å²) in [6, 6.07) is 17.2. The molecule has 190 valence electrons. The Morgan fingerprint density at radius 1 is 1.05 bits per heavy atom. The van der Waals surface area contributed by atoms with E-state index in [1.165, 1.54) is 11.3 Å². The normalized spacial score (nSPS) is 20.9. The van der Waals surface area contributed by atoms with Crippen LogP contribution in [0.4, 0.5) is 17.1 Å². The van der Waals surface area contributed by atoms with Crippen LogP contribution in [0.1, 0.15) is 40.9 Å². The third kappa shape index (κ3) is 4.50. The molecular formula is C28H28N4O4S. The number of para-hydroxylation sites is 1. The van der Waals surface area contributed by atoms with E-state index in [9.17, 15) is 15.0 Å². The zero-order valence-corrected chi connectivity index (χ0v) is 21.2. The van der Waals surface area contributed by atoms with Crippen LogP contribution >= 0.6 is 11.3 Å². The summed E-state index contributed by atoms with van der Waals surface area (Å²) in [5.41, 5.74) is 3.12. The predicted octanol–water partition coefficient (Wildman–Crippen LogP) is 5.27. The van der Waals surface area contributed by atoms with E-state index in [0.717, 1.165) is 45.7 Å². The number of ether oxygens (including phenoxy) is 1. The van der Waals surface area contributed by atoms with Crippen LogP contribution in [0, 0.1) is 6.92 Å². The van der Waals surface area contributed by atoms with Crippen molar-refractivity contribution in [3.63, 3.8) is 0 Å². The van der Waals surface area contributed by atoms with E-state index in [1.54, 1.807) is 6.20 Å². The number of amides is 1. The lowest BCUT2D eigenvalue weighted by atomic mass is 9.93. The van der Waals surface area contributed by atoms with Crippen molar-refractivity contribution in [2.24, 2.45) is 0 Å². The van der Waals surface area contributed by atoms with Crippen molar-refractivity contribution < 1.29 is 19.7 Å². The van der Waals surface area contributed by atoms with Gasteiger partial charge in [0, 0.05) is 17.9 Å². The molecule has 1 amide bonds. The number of anilines is 3. The Kier molecular flexibility index (Phi) is 6.19. The Balaban J connectivity index is 1.32. The highest BCUT2D eigenvalue weighted by Gasteiger charge is 2.34. The standard InChI is InChI=1S/C28H28N4O4S/c1-16-15-20(36-19-5-3-2-4-6-19)11-12-21(16)32-22-13-14-29-27-23(22)24(31-28(32)35)25(37-27)26(34)30-17-7-9-18(33)10-8-17/h2-6,11-15,17-18,28,31,33,35H,7-10H2,1H3,(H,30,34). The van der Waals surface area contributed by atoms with Gasteiger partial charge < -0.3 is 25.6 Å². The summed E-state index contributed by atoms with van der Waals surface area (Å²) in [5.74, 6) is 1.28. The van der Waals surface area contributed by atoms with Crippen molar-refractivity contribution in [2.75, 3.05) is 10.2 Å². The second-order valence-corrected chi connectivity index (χ2v) is 10.5. The van der Waals surface area contributed by atoms with Gasteiger partial charge in [0.05, 0.1) is 22.9 Å². The van der Waals surface area contributed by atoms with Gasteiger partial charge in [0.1, 0.15) is 21.2 Å². The van der Waals surface area contributed by atoms with E-state index in [2.05, 4.69) is 15.6 Å². The lowest BCUT2D eigenvalue weighted by molar-refractivity contribution is 0.0871. The SMILES string of the molecule is Cc1cc(Oc2ccccc2)ccc1N1c2ccnc3sc(C(=O)NC4CCC(O)CC4)c(c23)NC1O. The zero-order valence-electron chi connectivity index (χ0n) is 20.3. The third-order valence-corrected chi connectivity index (χ3v) is 8.09. The van der Waals surface area contributed by atoms with Crippen LogP contribution in [0.2, 0.25) is 0 Å². The van der Waals surface area contributed by atoms with Gasteiger partial charge in [-0.2, -0.15) is 0 Å². The number of benzene rings is 2. The number of pyridine rings is 1. The summed E-state index contributed by atoms with van der Waals surface area (Å²) in [4.78, 5) is 20.8. The van der Waals surface area contributed by atoms with Crippen LogP contribution < -0.4 is 20.3 Å². The monoisotopic (exact) mass is 516 g/mol. The summed E-state index contributed by atoms with van der Waals surface area (Å²) >= 11 is 1.31. The molecule has 0 saturated heterocycles. The summed E-state index contributed by atoms with van der Waals surface area (Å²) in [6.07, 6.45) is 3.23. The molecule has 2 aromatic heterocycles. The first kappa shape index (κ1) is 23.7. The maximum absolute atomic E-state index is 13.2. The number of aliphatic hydroxyl groups is 2. The Labute approximate surface area is 218 Å². The summed E-state index contributed by atoms with van der Waals surface area (Å²) < 4.78 is 5.98. The number of aryl methyl sites for hydroxylation is 1. The van der Waals surface area contributed by atoms with Gasteiger partial charge in [-0.25, -0.2) is 4.98 Å². The molecule has 4 aromatic rings. The van der Waals surface area contributed by atoms with Crippen LogP contribution in [0.15, 0.2) is 60.8 Å². The number of rotatable bonds is 5. The Morgan fingerprint density at radius 3 is 2.59 bits per heavy atom. The first-order valence-corrected chi connectivity index (χ1v) is 13.3. The van der Waals surface area contributed by atoms with Crippen LogP contribution in [-0.4, -0.2) is 39.6 Å². The van der Waals surface area contributed by atoms with Gasteiger partial charge in [0.25, 0.3) is 5.91 Å². The van der Waals surface area contributed by atoms with Crippen molar-refractivity contribution in [1.82, 2.24) is 10.3 Å². The topological polar surface area (TPSA) is 107 Å². The van der Waals surface area contributed by atoms with Crippen molar-refractivity contribution in [1.29, 1.82) is 0 Å². The van der Waals surface area contributed by atoms with Gasteiger partial charge in [-0.05, 0) is 74.6 Å². The molecule has 1 atom stereocenters. The molecule has 1 fully saturated rings. The number of aromatic nitrogens is 1.